The molecule has 2 aromatic carbocycles. The molecule has 0 aliphatic carbocycles. The molecule has 56 heavy (non-hydrogen) atoms. The van der Waals surface area contributed by atoms with Gasteiger partial charge in [-0.3, -0.25) is 29.3 Å². The molecule has 3 aromatic rings. The van der Waals surface area contributed by atoms with Crippen LogP contribution in [-0.2, 0) is 59.0 Å². The number of amides is 1. The lowest BCUT2D eigenvalue weighted by Crippen LogP contribution is -2.64. The topological polar surface area (TPSA) is 244 Å². The van der Waals surface area contributed by atoms with Gasteiger partial charge in [0.1, 0.15) is 23.1 Å². The summed E-state index contributed by atoms with van der Waals surface area (Å²) in [5.74, 6) is -3.94. The van der Waals surface area contributed by atoms with Gasteiger partial charge in [0.05, 0.1) is 17.7 Å². The first-order chi connectivity index (χ1) is 26.7. The molecule has 4 rings (SSSR count). The fourth-order valence-corrected chi connectivity index (χ4v) is 6.79. The molecule has 19 nitrogen and oxygen atoms in total. The number of rotatable bonds is 16. The molecule has 0 bridgehead atoms. The number of ether oxygens (including phenoxy) is 8. The molecule has 1 aromatic heterocycles. The molecule has 1 amide bonds. The van der Waals surface area contributed by atoms with Gasteiger partial charge in [-0.2, -0.15) is 0 Å². The fourth-order valence-electron chi connectivity index (χ4n) is 4.92. The van der Waals surface area contributed by atoms with Gasteiger partial charge in [-0.1, -0.05) is 22.9 Å². The van der Waals surface area contributed by atoms with Gasteiger partial charge in [-0.05, 0) is 52.8 Å². The average Bonchev–Trinajstić information content (AvgIpc) is 3.15. The average molecular weight is 818 g/mol. The summed E-state index contributed by atoms with van der Waals surface area (Å²) in [6.07, 6.45) is -7.87. The molecule has 1 saturated heterocycles. The Morgan fingerprint density at radius 1 is 0.893 bits per heavy atom. The number of benzene rings is 2. The van der Waals surface area contributed by atoms with Crippen molar-refractivity contribution in [2.24, 2.45) is 0 Å². The molecule has 298 valence electrons. The van der Waals surface area contributed by atoms with Crippen LogP contribution in [0.15, 0.2) is 71.9 Å². The number of esters is 4. The zero-order valence-corrected chi connectivity index (χ0v) is 31.7. The molecule has 0 spiro atoms. The molecular weight excluding hydrogens is 783 g/mol. The number of hydrogen-bond donors (Lipinski definition) is 1. The first kappa shape index (κ1) is 42.8. The van der Waals surface area contributed by atoms with E-state index in [4.69, 9.17) is 37.9 Å². The maximum absolute atomic E-state index is 13.2. The minimum Gasteiger partial charge on any atom is -0.467 e. The van der Waals surface area contributed by atoms with Gasteiger partial charge < -0.3 is 43.2 Å². The number of nitro groups is 1. The third kappa shape index (κ3) is 12.8. The van der Waals surface area contributed by atoms with Crippen LogP contribution in [0.2, 0.25) is 0 Å². The summed E-state index contributed by atoms with van der Waals surface area (Å²) in [7, 11) is 3.79. The summed E-state index contributed by atoms with van der Waals surface area (Å²) >= 11 is 0. The molecule has 2 heterocycles. The number of carbonyl (C=O) groups is 6. The molecule has 1 aliphatic heterocycles. The van der Waals surface area contributed by atoms with Crippen LogP contribution in [0.5, 0.6) is 11.5 Å². The number of anilines is 1. The highest BCUT2D eigenvalue weighted by atomic mass is 33.1. The maximum atomic E-state index is 13.2. The number of hydrogen-bond acceptors (Lipinski definition) is 19. The van der Waals surface area contributed by atoms with Crippen molar-refractivity contribution in [1.82, 2.24) is 4.98 Å². The highest BCUT2D eigenvalue weighted by molar-refractivity contribution is 8.76. The van der Waals surface area contributed by atoms with E-state index in [-0.39, 0.29) is 35.9 Å². The van der Waals surface area contributed by atoms with E-state index >= 15 is 0 Å². The van der Waals surface area contributed by atoms with E-state index in [1.807, 2.05) is 12.1 Å². The maximum Gasteiger partial charge on any atom is 0.514 e. The monoisotopic (exact) mass is 817 g/mol. The number of nitrogens with one attached hydrogen (secondary N) is 1. The van der Waals surface area contributed by atoms with E-state index in [9.17, 15) is 38.9 Å². The number of aromatic nitrogens is 1. The van der Waals surface area contributed by atoms with Crippen LogP contribution < -0.4 is 14.8 Å². The summed E-state index contributed by atoms with van der Waals surface area (Å²) in [4.78, 5) is 89.6. The van der Waals surface area contributed by atoms with E-state index in [0.29, 0.717) is 11.3 Å². The summed E-state index contributed by atoms with van der Waals surface area (Å²) in [6, 6.07) is 14.3. The molecule has 1 aliphatic rings. The molecular formula is C35H35N3O16S2. The van der Waals surface area contributed by atoms with Crippen LogP contribution in [0, 0.1) is 10.1 Å². The summed E-state index contributed by atoms with van der Waals surface area (Å²) in [5, 5.41) is 14.4. The largest absolute Gasteiger partial charge is 0.514 e. The molecule has 0 saturated carbocycles. The van der Waals surface area contributed by atoms with Crippen LogP contribution in [0.25, 0.3) is 0 Å². The fraction of sp³-hybridized carbons (Fsp3) is 0.343. The number of pyridine rings is 1. The van der Waals surface area contributed by atoms with Gasteiger partial charge in [0.2, 0.25) is 18.3 Å². The van der Waals surface area contributed by atoms with Crippen molar-refractivity contribution in [2.45, 2.75) is 69.5 Å². The minimum absolute atomic E-state index is 0.00755. The second kappa shape index (κ2) is 20.7. The third-order valence-electron chi connectivity index (χ3n) is 7.20. The standard InChI is InChI=1S/C35H35N3O16S2/c1-19(39)49-29-30(50-20(2)40)32(51-21(3)41)34(54-31(29)33(43)47-4)53-26-13-8-22(18-48-35(44)52-24-11-9-23(10-12-24)38(45)46)17-25(26)37-27(42)14-16-55-56-28-7-5-6-15-36-28/h5-13,15,17,29-32,34H,14,16,18H2,1-4H3,(H,37,42)/t29-,30-,31-,32+,34?/m0/s1. The van der Waals surface area contributed by atoms with Crippen molar-refractivity contribution in [2.75, 3.05) is 18.2 Å². The Kier molecular flexibility index (Phi) is 15.8. The molecule has 5 atom stereocenters. The second-order valence-corrected chi connectivity index (χ2v) is 13.8. The highest BCUT2D eigenvalue weighted by Crippen LogP contribution is 2.35. The number of nitrogens with zero attached hydrogens (tertiary/aromatic N) is 2. The summed E-state index contributed by atoms with van der Waals surface area (Å²) < 4.78 is 43.2. The van der Waals surface area contributed by atoms with Gasteiger partial charge in [-0.15, -0.1) is 0 Å². The molecule has 1 unspecified atom stereocenters. The predicted molar refractivity (Wildman–Crippen MR) is 194 cm³/mol. The minimum atomic E-state index is -1.74. The molecule has 1 N–H and O–H groups in total. The second-order valence-electron chi connectivity index (χ2n) is 11.4. The van der Waals surface area contributed by atoms with Crippen molar-refractivity contribution >= 4 is 68.9 Å². The predicted octanol–water partition coefficient (Wildman–Crippen LogP) is 4.55. The van der Waals surface area contributed by atoms with Crippen molar-refractivity contribution in [3.8, 4) is 11.5 Å². The Morgan fingerprint density at radius 2 is 1.57 bits per heavy atom. The van der Waals surface area contributed by atoms with Crippen LogP contribution in [-0.4, -0.2) is 89.4 Å². The summed E-state index contributed by atoms with van der Waals surface area (Å²) in [5.41, 5.74) is 0.112. The van der Waals surface area contributed by atoms with Crippen molar-refractivity contribution in [3.63, 3.8) is 0 Å². The normalized spacial score (nSPS) is 18.7. The van der Waals surface area contributed by atoms with E-state index in [2.05, 4.69) is 10.3 Å². The Morgan fingerprint density at radius 3 is 2.20 bits per heavy atom. The lowest BCUT2D eigenvalue weighted by molar-refractivity contribution is -0.384. The summed E-state index contributed by atoms with van der Waals surface area (Å²) in [6.45, 7) is 2.74. The van der Waals surface area contributed by atoms with E-state index in [1.54, 1.807) is 12.3 Å². The Balaban J connectivity index is 1.60. The van der Waals surface area contributed by atoms with Gasteiger partial charge >= 0.3 is 30.0 Å². The smallest absolute Gasteiger partial charge is 0.467 e. The first-order valence-electron chi connectivity index (χ1n) is 16.4. The van der Waals surface area contributed by atoms with Crippen molar-refractivity contribution in [1.29, 1.82) is 0 Å². The van der Waals surface area contributed by atoms with Crippen LogP contribution in [0.4, 0.5) is 16.2 Å². The lowest BCUT2D eigenvalue weighted by Gasteiger charge is -2.43. The molecule has 21 heteroatoms. The molecule has 0 radical (unpaired) electrons. The van der Waals surface area contributed by atoms with E-state index in [1.165, 1.54) is 51.9 Å². The van der Waals surface area contributed by atoms with Gasteiger partial charge in [0.15, 0.2) is 18.3 Å². The van der Waals surface area contributed by atoms with Gasteiger partial charge in [-0.25, -0.2) is 14.6 Å². The van der Waals surface area contributed by atoms with Crippen LogP contribution in [0.3, 0.4) is 0 Å². The first-order valence-corrected chi connectivity index (χ1v) is 18.7. The zero-order chi connectivity index (χ0) is 40.8. The number of non-ortho nitro benzene ring substituents is 1. The van der Waals surface area contributed by atoms with Crippen LogP contribution in [0.1, 0.15) is 32.8 Å². The number of methoxy groups -OCH3 is 1. The molecule has 1 fully saturated rings. The van der Waals surface area contributed by atoms with Crippen LogP contribution >= 0.6 is 21.6 Å². The van der Waals surface area contributed by atoms with E-state index in [0.717, 1.165) is 45.0 Å². The number of carbonyl (C=O) groups excluding carboxylic acids is 6. The highest BCUT2D eigenvalue weighted by Gasteiger charge is 2.56. The van der Waals surface area contributed by atoms with Gasteiger partial charge in [0.25, 0.3) is 5.69 Å². The Hall–Kier alpha value is -5.93. The number of nitro benzene ring substituents is 1. The SMILES string of the molecule is COC(=O)[C@H]1OC(Oc2ccc(COC(=O)Oc3ccc([N+](=O)[O-])cc3)cc2NC(=O)CCSSc2ccccn2)[C@H](OC(C)=O)[C@@H](OC(C)=O)[C@@H]1OC(C)=O. The third-order valence-corrected chi connectivity index (χ3v) is 9.46. The van der Waals surface area contributed by atoms with Crippen molar-refractivity contribution in [3.05, 3.63) is 82.5 Å². The quantitative estimate of drug-likeness (QED) is 0.0396. The Bertz CT molecular complexity index is 1900. The zero-order valence-electron chi connectivity index (χ0n) is 30.1. The van der Waals surface area contributed by atoms with Gasteiger partial charge in [0, 0.05) is 51.3 Å². The Labute approximate surface area is 326 Å². The van der Waals surface area contributed by atoms with E-state index < -0.39 is 71.6 Å². The van der Waals surface area contributed by atoms with Crippen molar-refractivity contribution < 1.29 is 71.6 Å². The lowest BCUT2D eigenvalue weighted by atomic mass is 9.97.